The Kier molecular flexibility index (Phi) is 5.93. The Hall–Kier alpha value is -3.21. The lowest BCUT2D eigenvalue weighted by Crippen LogP contribution is -2.17. The number of carbonyl (C=O) groups is 2. The highest BCUT2D eigenvalue weighted by atomic mass is 16.2. The lowest BCUT2D eigenvalue weighted by molar-refractivity contribution is -0.117. The highest BCUT2D eigenvalue weighted by Crippen LogP contribution is 2.24. The lowest BCUT2D eigenvalue weighted by Gasteiger charge is -2.13. The van der Waals surface area contributed by atoms with E-state index in [0.29, 0.717) is 29.4 Å². The third-order valence-corrected chi connectivity index (χ3v) is 4.11. The number of rotatable bonds is 6. The monoisotopic (exact) mass is 347 g/mol. The molecule has 132 valence electrons. The van der Waals surface area contributed by atoms with E-state index in [2.05, 4.69) is 27.8 Å². The molecule has 1 aliphatic rings. The molecule has 26 heavy (non-hydrogen) atoms. The molecule has 3 rings (SSSR count). The molecule has 0 saturated heterocycles. The third kappa shape index (κ3) is 5.14. The maximum absolute atomic E-state index is 12.2. The molecule has 2 amide bonds. The van der Waals surface area contributed by atoms with E-state index in [9.17, 15) is 9.59 Å². The molecule has 1 aromatic carbocycles. The van der Waals surface area contributed by atoms with Crippen LogP contribution < -0.4 is 10.6 Å². The molecular weight excluding hydrogens is 326 g/mol. The number of allylic oxidation sites excluding steroid dienone is 2. The molecule has 5 nitrogen and oxygen atoms in total. The molecule has 0 bridgehead atoms. The molecule has 2 N–H and O–H groups in total. The van der Waals surface area contributed by atoms with Crippen LogP contribution in [0.4, 0.5) is 11.4 Å². The van der Waals surface area contributed by atoms with Gasteiger partial charge in [0.05, 0.1) is 17.1 Å². The van der Waals surface area contributed by atoms with Gasteiger partial charge in [0.1, 0.15) is 0 Å². The van der Waals surface area contributed by atoms with Crippen LogP contribution in [0.15, 0.2) is 66.9 Å². The van der Waals surface area contributed by atoms with Gasteiger partial charge in [-0.2, -0.15) is 0 Å². The van der Waals surface area contributed by atoms with E-state index in [1.807, 2.05) is 30.3 Å². The Balaban J connectivity index is 1.61. The van der Waals surface area contributed by atoms with Gasteiger partial charge in [-0.3, -0.25) is 14.6 Å². The first-order valence-corrected chi connectivity index (χ1v) is 8.66. The highest BCUT2D eigenvalue weighted by Gasteiger charge is 2.15. The minimum absolute atomic E-state index is 0.0488. The minimum atomic E-state index is -0.281. The van der Waals surface area contributed by atoms with Crippen LogP contribution in [0.2, 0.25) is 0 Å². The van der Waals surface area contributed by atoms with Crippen molar-refractivity contribution in [2.75, 3.05) is 10.6 Å². The van der Waals surface area contributed by atoms with E-state index in [0.717, 1.165) is 12.8 Å². The number of aromatic nitrogens is 1. The van der Waals surface area contributed by atoms with Crippen molar-refractivity contribution in [3.8, 4) is 0 Å². The standard InChI is InChI=1S/C21H21N3O2/c25-20(13-12-17-9-5-6-14-22-17)23-18-10-3-4-11-19(18)24-21(26)15-16-7-1-2-8-16/h1,3-7,9-14,16H,2,8,15H2,(H,23,25)(H,24,26)/b13-12-/t16-/m1/s1. The summed E-state index contributed by atoms with van der Waals surface area (Å²) in [4.78, 5) is 28.5. The molecule has 0 fully saturated rings. The van der Waals surface area contributed by atoms with Crippen molar-refractivity contribution in [2.45, 2.75) is 19.3 Å². The number of hydrogen-bond donors (Lipinski definition) is 2. The highest BCUT2D eigenvalue weighted by molar-refractivity contribution is 6.05. The molecule has 1 atom stereocenters. The Morgan fingerprint density at radius 2 is 1.85 bits per heavy atom. The topological polar surface area (TPSA) is 71.1 Å². The third-order valence-electron chi connectivity index (χ3n) is 4.11. The van der Waals surface area contributed by atoms with Gasteiger partial charge in [-0.1, -0.05) is 30.4 Å². The van der Waals surface area contributed by atoms with Gasteiger partial charge in [0.15, 0.2) is 0 Å². The van der Waals surface area contributed by atoms with Gasteiger partial charge in [-0.15, -0.1) is 0 Å². The van der Waals surface area contributed by atoms with Crippen LogP contribution in [-0.2, 0) is 9.59 Å². The van der Waals surface area contributed by atoms with Gasteiger partial charge >= 0.3 is 0 Å². The Labute approximate surface area is 152 Å². The molecule has 1 aliphatic carbocycles. The fourth-order valence-electron chi connectivity index (χ4n) is 2.82. The van der Waals surface area contributed by atoms with E-state index < -0.39 is 0 Å². The van der Waals surface area contributed by atoms with Crippen molar-refractivity contribution in [2.24, 2.45) is 5.92 Å². The first kappa shape index (κ1) is 17.6. The van der Waals surface area contributed by atoms with Crippen LogP contribution in [0.1, 0.15) is 25.0 Å². The maximum Gasteiger partial charge on any atom is 0.248 e. The number of amides is 2. The average molecular weight is 347 g/mol. The lowest BCUT2D eigenvalue weighted by atomic mass is 10.0. The van der Waals surface area contributed by atoms with Crippen LogP contribution >= 0.6 is 0 Å². The number of hydrogen-bond acceptors (Lipinski definition) is 3. The summed E-state index contributed by atoms with van der Waals surface area (Å²) in [5, 5.41) is 5.69. The second kappa shape index (κ2) is 8.76. The van der Waals surface area contributed by atoms with Gasteiger partial charge in [-0.25, -0.2) is 0 Å². The number of carbonyl (C=O) groups excluding carboxylic acids is 2. The molecule has 0 radical (unpaired) electrons. The summed E-state index contributed by atoms with van der Waals surface area (Å²) in [6.07, 6.45) is 11.4. The second-order valence-corrected chi connectivity index (χ2v) is 6.14. The van der Waals surface area contributed by atoms with Crippen molar-refractivity contribution in [3.63, 3.8) is 0 Å². The summed E-state index contributed by atoms with van der Waals surface area (Å²) in [7, 11) is 0. The van der Waals surface area contributed by atoms with E-state index in [4.69, 9.17) is 0 Å². The summed E-state index contributed by atoms with van der Waals surface area (Å²) < 4.78 is 0. The van der Waals surface area contributed by atoms with Gasteiger partial charge in [0, 0.05) is 18.7 Å². The van der Waals surface area contributed by atoms with Crippen LogP contribution in [0.3, 0.4) is 0 Å². The number of nitrogens with zero attached hydrogens (tertiary/aromatic N) is 1. The maximum atomic E-state index is 12.2. The minimum Gasteiger partial charge on any atom is -0.324 e. The van der Waals surface area contributed by atoms with Crippen LogP contribution in [0.25, 0.3) is 6.08 Å². The Morgan fingerprint density at radius 3 is 2.54 bits per heavy atom. The zero-order chi connectivity index (χ0) is 18.2. The van der Waals surface area contributed by atoms with Crippen molar-refractivity contribution in [1.29, 1.82) is 0 Å². The smallest absolute Gasteiger partial charge is 0.248 e. The van der Waals surface area contributed by atoms with Crippen molar-refractivity contribution in [1.82, 2.24) is 4.98 Å². The normalized spacial score (nSPS) is 15.9. The van der Waals surface area contributed by atoms with Gasteiger partial charge in [0.2, 0.25) is 11.8 Å². The van der Waals surface area contributed by atoms with Crippen LogP contribution in [0.5, 0.6) is 0 Å². The molecule has 5 heteroatoms. The number of para-hydroxylation sites is 2. The molecule has 0 spiro atoms. The van der Waals surface area contributed by atoms with Crippen molar-refractivity contribution >= 4 is 29.3 Å². The molecule has 2 aromatic rings. The summed E-state index contributed by atoms with van der Waals surface area (Å²) in [6.45, 7) is 0. The number of anilines is 2. The second-order valence-electron chi connectivity index (χ2n) is 6.14. The summed E-state index contributed by atoms with van der Waals surface area (Å²) in [6, 6.07) is 12.7. The Morgan fingerprint density at radius 1 is 1.08 bits per heavy atom. The largest absolute Gasteiger partial charge is 0.324 e. The van der Waals surface area contributed by atoms with Gasteiger partial charge in [-0.05, 0) is 49.1 Å². The zero-order valence-electron chi connectivity index (χ0n) is 14.4. The number of benzene rings is 1. The first-order valence-electron chi connectivity index (χ1n) is 8.66. The number of pyridine rings is 1. The van der Waals surface area contributed by atoms with Gasteiger partial charge in [0.25, 0.3) is 0 Å². The predicted octanol–water partition coefficient (Wildman–Crippen LogP) is 4.03. The van der Waals surface area contributed by atoms with E-state index in [1.54, 1.807) is 24.4 Å². The molecule has 0 aliphatic heterocycles. The van der Waals surface area contributed by atoms with Gasteiger partial charge < -0.3 is 10.6 Å². The fourth-order valence-corrected chi connectivity index (χ4v) is 2.82. The van der Waals surface area contributed by atoms with E-state index >= 15 is 0 Å². The van der Waals surface area contributed by atoms with E-state index in [1.165, 1.54) is 6.08 Å². The summed E-state index contributed by atoms with van der Waals surface area (Å²) in [5.74, 6) is -0.0265. The van der Waals surface area contributed by atoms with E-state index in [-0.39, 0.29) is 11.8 Å². The molecule has 1 heterocycles. The zero-order valence-corrected chi connectivity index (χ0v) is 14.4. The van der Waals surface area contributed by atoms with Crippen LogP contribution in [-0.4, -0.2) is 16.8 Å². The SMILES string of the molecule is O=C(/C=C\c1ccccn1)Nc1ccccc1NC(=O)C[C@@H]1C=CCC1. The Bertz CT molecular complexity index is 828. The molecule has 0 unspecified atom stereocenters. The first-order chi connectivity index (χ1) is 12.7. The van der Waals surface area contributed by atoms with Crippen molar-refractivity contribution in [3.05, 3.63) is 72.6 Å². The summed E-state index contributed by atoms with van der Waals surface area (Å²) >= 11 is 0. The van der Waals surface area contributed by atoms with Crippen LogP contribution in [0, 0.1) is 5.92 Å². The quantitative estimate of drug-likeness (QED) is 0.612. The molecule has 1 aromatic heterocycles. The number of nitrogens with one attached hydrogen (secondary N) is 2. The summed E-state index contributed by atoms with van der Waals surface area (Å²) in [5.41, 5.74) is 1.87. The van der Waals surface area contributed by atoms with Crippen molar-refractivity contribution < 1.29 is 9.59 Å². The molecule has 0 saturated carbocycles. The predicted molar refractivity (Wildman–Crippen MR) is 103 cm³/mol. The molecular formula is C21H21N3O2. The fraction of sp³-hybridized carbons (Fsp3) is 0.190. The average Bonchev–Trinajstić information content (AvgIpc) is 3.15.